The molecular formula is C23H22ClN3O3S. The predicted molar refractivity (Wildman–Crippen MR) is 119 cm³/mol. The largest absolute Gasteiger partial charge is 0.440 e. The molecule has 1 amide bonds. The molecule has 1 aliphatic heterocycles. The molecule has 1 N–H and O–H groups in total. The number of ether oxygens (including phenoxy) is 1. The lowest BCUT2D eigenvalue weighted by Gasteiger charge is -2.57. The number of halogens is 1. The fraction of sp³-hybridized carbons (Fsp3) is 0.435. The zero-order valence-corrected chi connectivity index (χ0v) is 18.4. The van der Waals surface area contributed by atoms with Crippen LogP contribution in [0.3, 0.4) is 0 Å². The Morgan fingerprint density at radius 2 is 2.00 bits per heavy atom. The van der Waals surface area contributed by atoms with E-state index in [2.05, 4.69) is 15.3 Å². The summed E-state index contributed by atoms with van der Waals surface area (Å²) in [6, 6.07) is 9.44. The van der Waals surface area contributed by atoms with Gasteiger partial charge in [0.2, 0.25) is 0 Å². The van der Waals surface area contributed by atoms with Gasteiger partial charge in [0, 0.05) is 28.7 Å². The normalized spacial score (nSPS) is 27.5. The third-order valence-corrected chi connectivity index (χ3v) is 7.97. The highest BCUT2D eigenvalue weighted by Crippen LogP contribution is 2.61. The summed E-state index contributed by atoms with van der Waals surface area (Å²) >= 11 is 7.72. The van der Waals surface area contributed by atoms with Gasteiger partial charge in [-0.2, -0.15) is 0 Å². The average Bonchev–Trinajstić information content (AvgIpc) is 3.08. The lowest BCUT2D eigenvalue weighted by atomic mass is 9.50. The summed E-state index contributed by atoms with van der Waals surface area (Å²) in [4.78, 5) is 21.7. The van der Waals surface area contributed by atoms with Gasteiger partial charge in [0.05, 0.1) is 23.5 Å². The molecular weight excluding hydrogens is 434 g/mol. The van der Waals surface area contributed by atoms with Crippen LogP contribution in [0.2, 0.25) is 5.02 Å². The van der Waals surface area contributed by atoms with Gasteiger partial charge in [-0.25, -0.2) is 9.97 Å². The molecule has 3 fully saturated rings. The van der Waals surface area contributed by atoms with Gasteiger partial charge < -0.3 is 14.5 Å². The Hall–Kier alpha value is -2.09. The molecule has 6 nitrogen and oxygen atoms in total. The van der Waals surface area contributed by atoms with E-state index in [1.54, 1.807) is 24.0 Å². The lowest BCUT2D eigenvalue weighted by Crippen LogP contribution is -2.55. The van der Waals surface area contributed by atoms with E-state index in [9.17, 15) is 4.79 Å². The van der Waals surface area contributed by atoms with Gasteiger partial charge >= 0.3 is 0 Å². The minimum atomic E-state index is -0.0133. The maximum atomic E-state index is 12.7. The number of rotatable bonds is 5. The first-order valence-corrected chi connectivity index (χ1v) is 11.9. The van der Waals surface area contributed by atoms with Crippen molar-refractivity contribution < 1.29 is 13.9 Å². The van der Waals surface area contributed by atoms with Crippen molar-refractivity contribution >= 4 is 40.4 Å². The first-order valence-electron chi connectivity index (χ1n) is 10.6. The molecule has 0 bridgehead atoms. The van der Waals surface area contributed by atoms with Crippen LogP contribution in [0.25, 0.3) is 11.1 Å². The maximum absolute atomic E-state index is 12.7. The van der Waals surface area contributed by atoms with Crippen molar-refractivity contribution in [2.24, 2.45) is 5.41 Å². The first kappa shape index (κ1) is 19.6. The summed E-state index contributed by atoms with van der Waals surface area (Å²) in [6.07, 6.45) is 5.89. The SMILES string of the molecule is O=C(NC1CC2(C1)CC(c1nc3cc(Cl)ccc3o1)C2)c1ccnc(SC2COC2)c1. The molecule has 6 rings (SSSR count). The number of aromatic nitrogens is 2. The number of fused-ring (bicyclic) bond motifs is 1. The third kappa shape index (κ3) is 3.73. The number of hydrogen-bond acceptors (Lipinski definition) is 6. The van der Waals surface area contributed by atoms with Crippen molar-refractivity contribution in [1.29, 1.82) is 0 Å². The summed E-state index contributed by atoms with van der Waals surface area (Å²) < 4.78 is 11.1. The summed E-state index contributed by atoms with van der Waals surface area (Å²) in [7, 11) is 0. The van der Waals surface area contributed by atoms with Gasteiger partial charge in [-0.15, -0.1) is 0 Å². The van der Waals surface area contributed by atoms with Crippen LogP contribution in [0.5, 0.6) is 0 Å². The van der Waals surface area contributed by atoms with Crippen LogP contribution < -0.4 is 5.32 Å². The monoisotopic (exact) mass is 455 g/mol. The molecule has 0 unspecified atom stereocenters. The first-order chi connectivity index (χ1) is 15.1. The Bertz CT molecular complexity index is 1150. The summed E-state index contributed by atoms with van der Waals surface area (Å²) in [5, 5.41) is 5.19. The summed E-state index contributed by atoms with van der Waals surface area (Å²) in [6.45, 7) is 1.51. The van der Waals surface area contributed by atoms with Crippen molar-refractivity contribution in [3.05, 3.63) is 53.0 Å². The van der Waals surface area contributed by atoms with Gasteiger partial charge in [-0.05, 0) is 61.4 Å². The fourth-order valence-electron chi connectivity index (χ4n) is 5.01. The quantitative estimate of drug-likeness (QED) is 0.594. The molecule has 2 aromatic heterocycles. The molecule has 31 heavy (non-hydrogen) atoms. The average molecular weight is 456 g/mol. The Balaban J connectivity index is 1.02. The number of benzene rings is 1. The molecule has 0 atom stereocenters. The molecule has 1 saturated heterocycles. The Labute approximate surface area is 189 Å². The Kier molecular flexibility index (Phi) is 4.74. The molecule has 2 aliphatic carbocycles. The van der Waals surface area contributed by atoms with E-state index in [4.69, 9.17) is 20.8 Å². The molecule has 1 aromatic carbocycles. The maximum Gasteiger partial charge on any atom is 0.251 e. The van der Waals surface area contributed by atoms with E-state index in [0.717, 1.165) is 60.9 Å². The fourth-order valence-corrected chi connectivity index (χ4v) is 6.16. The number of pyridine rings is 1. The van der Waals surface area contributed by atoms with Gasteiger partial charge in [-0.3, -0.25) is 4.79 Å². The van der Waals surface area contributed by atoms with Crippen LogP contribution in [0.1, 0.15) is 47.8 Å². The van der Waals surface area contributed by atoms with E-state index in [-0.39, 0.29) is 11.9 Å². The molecule has 1 spiro atoms. The summed E-state index contributed by atoms with van der Waals surface area (Å²) in [5.74, 6) is 1.16. The standard InChI is InChI=1S/C23H22ClN3O3S/c24-15-1-2-19-18(6-15)27-22(30-19)14-7-23(8-14)9-16(10-23)26-21(28)13-3-4-25-20(5-13)31-17-11-29-12-17/h1-6,14,16-17H,7-12H2,(H,26,28). The molecule has 2 saturated carbocycles. The van der Waals surface area contributed by atoms with Crippen molar-refractivity contribution in [2.75, 3.05) is 13.2 Å². The topological polar surface area (TPSA) is 77.3 Å². The van der Waals surface area contributed by atoms with Gasteiger partial charge in [0.1, 0.15) is 5.52 Å². The minimum absolute atomic E-state index is 0.0133. The van der Waals surface area contributed by atoms with Crippen molar-refractivity contribution in [1.82, 2.24) is 15.3 Å². The number of carbonyl (C=O) groups excluding carboxylic acids is 1. The third-order valence-electron chi connectivity index (χ3n) is 6.66. The van der Waals surface area contributed by atoms with Crippen molar-refractivity contribution in [3.63, 3.8) is 0 Å². The highest BCUT2D eigenvalue weighted by atomic mass is 35.5. The van der Waals surface area contributed by atoms with Gasteiger partial charge in [0.25, 0.3) is 5.91 Å². The highest BCUT2D eigenvalue weighted by Gasteiger charge is 2.54. The number of nitrogens with zero attached hydrogens (tertiary/aromatic N) is 2. The Morgan fingerprint density at radius 1 is 1.16 bits per heavy atom. The van der Waals surface area contributed by atoms with E-state index in [0.29, 0.717) is 27.2 Å². The number of hydrogen-bond donors (Lipinski definition) is 1. The number of thioether (sulfide) groups is 1. The van der Waals surface area contributed by atoms with Crippen LogP contribution in [-0.4, -0.2) is 40.4 Å². The second-order valence-electron chi connectivity index (χ2n) is 9.01. The zero-order chi connectivity index (χ0) is 21.0. The van der Waals surface area contributed by atoms with Crippen LogP contribution in [-0.2, 0) is 4.74 Å². The van der Waals surface area contributed by atoms with Crippen LogP contribution >= 0.6 is 23.4 Å². The molecule has 3 aromatic rings. The highest BCUT2D eigenvalue weighted by molar-refractivity contribution is 8.00. The number of amides is 1. The second-order valence-corrected chi connectivity index (χ2v) is 10.8. The summed E-state index contributed by atoms with van der Waals surface area (Å²) in [5.41, 5.74) is 2.61. The smallest absolute Gasteiger partial charge is 0.251 e. The molecule has 0 radical (unpaired) electrons. The van der Waals surface area contributed by atoms with Crippen molar-refractivity contribution in [2.45, 2.75) is 47.9 Å². The van der Waals surface area contributed by atoms with Gasteiger partial charge in [-0.1, -0.05) is 23.4 Å². The number of carbonyl (C=O) groups is 1. The number of nitrogens with one attached hydrogen (secondary N) is 1. The van der Waals surface area contributed by atoms with E-state index >= 15 is 0 Å². The van der Waals surface area contributed by atoms with E-state index in [1.165, 1.54) is 0 Å². The molecule has 160 valence electrons. The Morgan fingerprint density at radius 3 is 2.77 bits per heavy atom. The van der Waals surface area contributed by atoms with Crippen LogP contribution in [0, 0.1) is 5.41 Å². The lowest BCUT2D eigenvalue weighted by molar-refractivity contribution is -0.0253. The molecule has 3 heterocycles. The van der Waals surface area contributed by atoms with Crippen LogP contribution in [0.4, 0.5) is 0 Å². The predicted octanol–water partition coefficient (Wildman–Crippen LogP) is 4.82. The van der Waals surface area contributed by atoms with E-state index in [1.807, 2.05) is 24.3 Å². The van der Waals surface area contributed by atoms with Crippen LogP contribution in [0.15, 0.2) is 46.0 Å². The minimum Gasteiger partial charge on any atom is -0.440 e. The molecule has 8 heteroatoms. The van der Waals surface area contributed by atoms with E-state index < -0.39 is 0 Å². The van der Waals surface area contributed by atoms with Crippen molar-refractivity contribution in [3.8, 4) is 0 Å². The number of oxazole rings is 1. The zero-order valence-electron chi connectivity index (χ0n) is 16.8. The van der Waals surface area contributed by atoms with Gasteiger partial charge in [0.15, 0.2) is 11.5 Å². The molecule has 3 aliphatic rings. The second kappa shape index (κ2) is 7.50.